The molecule has 0 bridgehead atoms. The summed E-state index contributed by atoms with van der Waals surface area (Å²) in [5, 5.41) is 0. The van der Waals surface area contributed by atoms with Crippen molar-refractivity contribution in [1.82, 2.24) is 4.90 Å². The Balaban J connectivity index is 1.80. The lowest BCUT2D eigenvalue weighted by Gasteiger charge is -2.29. The summed E-state index contributed by atoms with van der Waals surface area (Å²) in [6, 6.07) is 21.5. The Morgan fingerprint density at radius 1 is 0.900 bits per heavy atom. The molecule has 4 nitrogen and oxygen atoms in total. The molecule has 0 spiro atoms. The molecule has 6 heteroatoms. The van der Waals surface area contributed by atoms with Crippen molar-refractivity contribution >= 4 is 15.7 Å². The summed E-state index contributed by atoms with van der Waals surface area (Å²) in [6.45, 7) is 1.88. The highest BCUT2D eigenvalue weighted by atomic mass is 32.2. The van der Waals surface area contributed by atoms with E-state index in [4.69, 9.17) is 0 Å². The number of halogens is 1. The van der Waals surface area contributed by atoms with E-state index in [0.29, 0.717) is 0 Å². The smallest absolute Gasteiger partial charge is 0.224 e. The van der Waals surface area contributed by atoms with Crippen molar-refractivity contribution in [3.8, 4) is 0 Å². The molecule has 0 heterocycles. The second-order valence-corrected chi connectivity index (χ2v) is 9.36. The van der Waals surface area contributed by atoms with Crippen molar-refractivity contribution in [3.63, 3.8) is 0 Å². The summed E-state index contributed by atoms with van der Waals surface area (Å²) in [5.74, 6) is -0.933. The highest BCUT2D eigenvalue weighted by Crippen LogP contribution is 2.28. The summed E-state index contributed by atoms with van der Waals surface area (Å²) in [4.78, 5) is 14.6. The first kappa shape index (κ1) is 21.7. The molecule has 0 radical (unpaired) electrons. The summed E-state index contributed by atoms with van der Waals surface area (Å²) in [5.41, 5.74) is 2.58. The van der Waals surface area contributed by atoms with Gasteiger partial charge in [0, 0.05) is 13.5 Å². The molecule has 1 amide bonds. The zero-order chi connectivity index (χ0) is 21.7. The molecule has 3 rings (SSSR count). The molecular formula is C24H24FNO3S. The minimum atomic E-state index is -3.56. The van der Waals surface area contributed by atoms with Gasteiger partial charge in [0.25, 0.3) is 0 Å². The number of rotatable bonds is 7. The van der Waals surface area contributed by atoms with Gasteiger partial charge < -0.3 is 4.90 Å². The quantitative estimate of drug-likeness (QED) is 0.558. The van der Waals surface area contributed by atoms with E-state index in [0.717, 1.165) is 16.7 Å². The third kappa shape index (κ3) is 5.13. The number of hydrogen-bond donors (Lipinski definition) is 0. The molecule has 1 atom stereocenters. The summed E-state index contributed by atoms with van der Waals surface area (Å²) < 4.78 is 38.6. The van der Waals surface area contributed by atoms with Crippen LogP contribution in [0.4, 0.5) is 4.39 Å². The standard InChI is InChI=1S/C24H24FNO3S/c1-18-8-14-22(15-9-18)30(28,29)17-16-23(27)26(2)24(19-6-4-3-5-7-19)20-10-12-21(25)13-11-20/h3-15,24H,16-17H2,1-2H3. The van der Waals surface area contributed by atoms with Crippen LogP contribution in [-0.4, -0.2) is 32.0 Å². The number of benzene rings is 3. The number of carbonyl (C=O) groups is 1. The molecule has 0 aromatic heterocycles. The molecule has 0 aliphatic carbocycles. The van der Waals surface area contributed by atoms with Gasteiger partial charge in [-0.25, -0.2) is 12.8 Å². The Morgan fingerprint density at radius 2 is 1.47 bits per heavy atom. The highest BCUT2D eigenvalue weighted by Gasteiger charge is 2.25. The van der Waals surface area contributed by atoms with Crippen molar-refractivity contribution in [2.24, 2.45) is 0 Å². The van der Waals surface area contributed by atoms with Crippen LogP contribution in [0.15, 0.2) is 83.8 Å². The zero-order valence-electron chi connectivity index (χ0n) is 17.0. The zero-order valence-corrected chi connectivity index (χ0v) is 17.8. The van der Waals surface area contributed by atoms with Crippen molar-refractivity contribution in [3.05, 3.63) is 101 Å². The van der Waals surface area contributed by atoms with E-state index in [1.165, 1.54) is 17.0 Å². The number of hydrogen-bond acceptors (Lipinski definition) is 3. The topological polar surface area (TPSA) is 54.5 Å². The monoisotopic (exact) mass is 425 g/mol. The summed E-state index contributed by atoms with van der Waals surface area (Å²) in [7, 11) is -1.92. The maximum atomic E-state index is 13.4. The molecule has 0 saturated carbocycles. The van der Waals surface area contributed by atoms with Gasteiger partial charge in [-0.2, -0.15) is 0 Å². The number of nitrogens with zero attached hydrogens (tertiary/aromatic N) is 1. The van der Waals surface area contributed by atoms with Gasteiger partial charge in [-0.05, 0) is 42.3 Å². The maximum Gasteiger partial charge on any atom is 0.224 e. The third-order valence-corrected chi connectivity index (χ3v) is 6.78. The largest absolute Gasteiger partial charge is 0.335 e. The molecular weight excluding hydrogens is 401 g/mol. The van der Waals surface area contributed by atoms with Crippen molar-refractivity contribution < 1.29 is 17.6 Å². The summed E-state index contributed by atoms with van der Waals surface area (Å²) >= 11 is 0. The lowest BCUT2D eigenvalue weighted by atomic mass is 9.97. The van der Waals surface area contributed by atoms with Crippen molar-refractivity contribution in [2.75, 3.05) is 12.8 Å². The van der Waals surface area contributed by atoms with E-state index in [-0.39, 0.29) is 28.8 Å². The highest BCUT2D eigenvalue weighted by molar-refractivity contribution is 7.91. The van der Waals surface area contributed by atoms with Crippen LogP contribution in [-0.2, 0) is 14.6 Å². The first-order valence-electron chi connectivity index (χ1n) is 9.63. The molecule has 0 aliphatic heterocycles. The van der Waals surface area contributed by atoms with Crippen LogP contribution in [0.25, 0.3) is 0 Å². The van der Waals surface area contributed by atoms with Gasteiger partial charge in [0.05, 0.1) is 16.7 Å². The van der Waals surface area contributed by atoms with Gasteiger partial charge in [-0.1, -0.05) is 60.2 Å². The van der Waals surface area contributed by atoms with Gasteiger partial charge in [0.1, 0.15) is 5.82 Å². The van der Waals surface area contributed by atoms with Crippen molar-refractivity contribution in [2.45, 2.75) is 24.3 Å². The van der Waals surface area contributed by atoms with Crippen LogP contribution in [0.5, 0.6) is 0 Å². The van der Waals surface area contributed by atoms with Crippen LogP contribution in [0.1, 0.15) is 29.2 Å². The van der Waals surface area contributed by atoms with Gasteiger partial charge in [-0.15, -0.1) is 0 Å². The lowest BCUT2D eigenvalue weighted by molar-refractivity contribution is -0.131. The maximum absolute atomic E-state index is 13.4. The van der Waals surface area contributed by atoms with Crippen LogP contribution < -0.4 is 0 Å². The van der Waals surface area contributed by atoms with E-state index in [2.05, 4.69) is 0 Å². The molecule has 0 fully saturated rings. The predicted molar refractivity (Wildman–Crippen MR) is 115 cm³/mol. The first-order valence-corrected chi connectivity index (χ1v) is 11.3. The molecule has 1 unspecified atom stereocenters. The fraction of sp³-hybridized carbons (Fsp3) is 0.208. The van der Waals surface area contributed by atoms with Crippen LogP contribution in [0.2, 0.25) is 0 Å². The second-order valence-electron chi connectivity index (χ2n) is 7.25. The van der Waals surface area contributed by atoms with Crippen LogP contribution in [0, 0.1) is 12.7 Å². The Labute approximate surface area is 176 Å². The van der Waals surface area contributed by atoms with Gasteiger partial charge in [0.2, 0.25) is 5.91 Å². The van der Waals surface area contributed by atoms with E-state index in [1.54, 1.807) is 43.4 Å². The Kier molecular flexibility index (Phi) is 6.67. The fourth-order valence-electron chi connectivity index (χ4n) is 3.33. The Morgan fingerprint density at radius 3 is 2.07 bits per heavy atom. The van der Waals surface area contributed by atoms with Crippen molar-refractivity contribution in [1.29, 1.82) is 0 Å². The number of sulfone groups is 1. The molecule has 30 heavy (non-hydrogen) atoms. The Bertz CT molecular complexity index is 1100. The van der Waals surface area contributed by atoms with E-state index in [1.807, 2.05) is 37.3 Å². The minimum Gasteiger partial charge on any atom is -0.335 e. The van der Waals surface area contributed by atoms with Gasteiger partial charge in [-0.3, -0.25) is 4.79 Å². The summed E-state index contributed by atoms with van der Waals surface area (Å²) in [6.07, 6.45) is -0.142. The molecule has 156 valence electrons. The minimum absolute atomic E-state index is 0.142. The first-order chi connectivity index (χ1) is 14.3. The van der Waals surface area contributed by atoms with Crippen LogP contribution >= 0.6 is 0 Å². The van der Waals surface area contributed by atoms with E-state index >= 15 is 0 Å². The van der Waals surface area contributed by atoms with Gasteiger partial charge in [0.15, 0.2) is 9.84 Å². The normalized spacial score (nSPS) is 12.4. The predicted octanol–water partition coefficient (Wildman–Crippen LogP) is 4.55. The van der Waals surface area contributed by atoms with Crippen LogP contribution in [0.3, 0.4) is 0 Å². The third-order valence-electron chi connectivity index (χ3n) is 5.05. The number of carbonyl (C=O) groups excluding carboxylic acids is 1. The fourth-order valence-corrected chi connectivity index (χ4v) is 4.56. The molecule has 3 aromatic rings. The Hall–Kier alpha value is -2.99. The van der Waals surface area contributed by atoms with E-state index < -0.39 is 15.9 Å². The lowest BCUT2D eigenvalue weighted by Crippen LogP contribution is -2.33. The second kappa shape index (κ2) is 9.22. The molecule has 3 aromatic carbocycles. The average molecular weight is 426 g/mol. The number of amides is 1. The molecule has 0 aliphatic rings. The average Bonchev–Trinajstić information content (AvgIpc) is 2.74. The van der Waals surface area contributed by atoms with Gasteiger partial charge >= 0.3 is 0 Å². The molecule has 0 N–H and O–H groups in total. The number of aryl methyl sites for hydroxylation is 1. The SMILES string of the molecule is Cc1ccc(S(=O)(=O)CCC(=O)N(C)C(c2ccccc2)c2ccc(F)cc2)cc1. The molecule has 0 saturated heterocycles. The van der Waals surface area contributed by atoms with E-state index in [9.17, 15) is 17.6 Å².